The molecule has 4 aromatic rings. The number of aliphatic hydroxyl groups is 1. The number of pyridine rings is 1. The monoisotopic (exact) mass is 534 g/mol. The third-order valence-corrected chi connectivity index (χ3v) is 6.73. The number of thiophene rings is 1. The van der Waals surface area contributed by atoms with Gasteiger partial charge in [0.2, 0.25) is 0 Å². The highest BCUT2D eigenvalue weighted by Gasteiger charge is 2.25. The highest BCUT2D eigenvalue weighted by atomic mass is 32.1. The zero-order chi connectivity index (χ0) is 27.2. The number of aromatic nitrogens is 2. The lowest BCUT2D eigenvalue weighted by Gasteiger charge is -2.18. The first kappa shape index (κ1) is 27.0. The van der Waals surface area contributed by atoms with E-state index in [9.17, 15) is 19.5 Å². The van der Waals surface area contributed by atoms with Crippen LogP contribution in [-0.4, -0.2) is 52.0 Å². The molecule has 38 heavy (non-hydrogen) atoms. The third kappa shape index (κ3) is 5.92. The van der Waals surface area contributed by atoms with Crippen LogP contribution in [-0.2, 0) is 11.3 Å². The summed E-state index contributed by atoms with van der Waals surface area (Å²) in [5.41, 5.74) is 3.42. The van der Waals surface area contributed by atoms with E-state index >= 15 is 0 Å². The van der Waals surface area contributed by atoms with Gasteiger partial charge in [-0.3, -0.25) is 14.0 Å². The van der Waals surface area contributed by atoms with Gasteiger partial charge in [-0.1, -0.05) is 26.0 Å². The molecule has 0 radical (unpaired) electrons. The van der Waals surface area contributed by atoms with Crippen LogP contribution < -0.4 is 10.6 Å². The summed E-state index contributed by atoms with van der Waals surface area (Å²) in [5, 5.41) is 19.4. The molecule has 1 atom stereocenters. The first-order valence-electron chi connectivity index (χ1n) is 12.2. The van der Waals surface area contributed by atoms with Crippen LogP contribution in [0.2, 0.25) is 0 Å². The van der Waals surface area contributed by atoms with E-state index in [4.69, 9.17) is 9.72 Å². The zero-order valence-electron chi connectivity index (χ0n) is 21.4. The maximum atomic E-state index is 13.5. The van der Waals surface area contributed by atoms with Gasteiger partial charge in [-0.15, -0.1) is 0 Å². The van der Waals surface area contributed by atoms with E-state index in [-0.39, 0.29) is 30.9 Å². The highest BCUT2D eigenvalue weighted by molar-refractivity contribution is 7.08. The lowest BCUT2D eigenvalue weighted by atomic mass is 10.0. The Balaban J connectivity index is 1.64. The molecule has 4 rings (SSSR count). The maximum absolute atomic E-state index is 13.5. The number of carbonyl (C=O) groups is 3. The molecule has 0 spiro atoms. The summed E-state index contributed by atoms with van der Waals surface area (Å²) in [6, 6.07) is 11.6. The number of hydrogen-bond donors (Lipinski definition) is 3. The molecule has 3 heterocycles. The quantitative estimate of drug-likeness (QED) is 0.265. The van der Waals surface area contributed by atoms with Gasteiger partial charge in [0.1, 0.15) is 11.4 Å². The molecule has 2 amide bonds. The van der Waals surface area contributed by atoms with Crippen LogP contribution in [0.15, 0.2) is 59.4 Å². The molecule has 0 aliphatic rings. The van der Waals surface area contributed by atoms with Crippen molar-refractivity contribution in [2.24, 2.45) is 5.92 Å². The Morgan fingerprint density at radius 2 is 1.87 bits per heavy atom. The Labute approximate surface area is 224 Å². The fourth-order valence-corrected chi connectivity index (χ4v) is 4.86. The standard InChI is InChI=1S/C28H30N4O5S/c1-17(2)13-21(15-33)30-27(35)24-23(20-10-12-38-16-20)31-25-22(5-4-11-32(24)25)26(34)29-14-18-6-8-19(9-7-18)28(36)37-3/h4-12,16-17,21,33H,13-15H2,1-3H3,(H,29,34)(H,30,35)/t21-/m1/s1. The van der Waals surface area contributed by atoms with Crippen molar-refractivity contribution in [3.05, 3.63) is 81.8 Å². The molecule has 10 heteroatoms. The fraction of sp³-hybridized carbons (Fsp3) is 0.286. The molecular formula is C28H30N4O5S. The van der Waals surface area contributed by atoms with Crippen LogP contribution in [0.1, 0.15) is 57.0 Å². The summed E-state index contributed by atoms with van der Waals surface area (Å²) in [4.78, 5) is 43.0. The number of methoxy groups -OCH3 is 1. The molecule has 0 saturated heterocycles. The van der Waals surface area contributed by atoms with E-state index in [0.29, 0.717) is 34.6 Å². The predicted molar refractivity (Wildman–Crippen MR) is 145 cm³/mol. The number of amides is 2. The first-order valence-corrected chi connectivity index (χ1v) is 13.2. The smallest absolute Gasteiger partial charge is 0.337 e. The van der Waals surface area contributed by atoms with Crippen molar-refractivity contribution in [2.75, 3.05) is 13.7 Å². The normalized spacial score (nSPS) is 11.9. The van der Waals surface area contributed by atoms with Gasteiger partial charge in [0.15, 0.2) is 5.65 Å². The number of hydrogen-bond acceptors (Lipinski definition) is 7. The summed E-state index contributed by atoms with van der Waals surface area (Å²) in [6.07, 6.45) is 2.33. The van der Waals surface area contributed by atoms with Gasteiger partial charge >= 0.3 is 5.97 Å². The molecule has 0 aliphatic heterocycles. The van der Waals surface area contributed by atoms with Crippen molar-refractivity contribution in [3.8, 4) is 11.3 Å². The van der Waals surface area contributed by atoms with Gasteiger partial charge in [-0.25, -0.2) is 9.78 Å². The lowest BCUT2D eigenvalue weighted by molar-refractivity contribution is 0.0600. The zero-order valence-corrected chi connectivity index (χ0v) is 22.2. The van der Waals surface area contributed by atoms with Crippen LogP contribution >= 0.6 is 11.3 Å². The van der Waals surface area contributed by atoms with E-state index < -0.39 is 12.0 Å². The van der Waals surface area contributed by atoms with Crippen LogP contribution in [0, 0.1) is 5.92 Å². The average Bonchev–Trinajstić information content (AvgIpc) is 3.59. The third-order valence-electron chi connectivity index (χ3n) is 6.04. The van der Waals surface area contributed by atoms with Gasteiger partial charge < -0.3 is 20.5 Å². The lowest BCUT2D eigenvalue weighted by Crippen LogP contribution is -2.39. The molecule has 3 N–H and O–H groups in total. The molecule has 0 fully saturated rings. The molecule has 0 bridgehead atoms. The predicted octanol–water partition coefficient (Wildman–Crippen LogP) is 3.92. The summed E-state index contributed by atoms with van der Waals surface area (Å²) in [5.74, 6) is -0.864. The molecule has 0 aliphatic carbocycles. The minimum Gasteiger partial charge on any atom is -0.465 e. The van der Waals surface area contributed by atoms with Crippen molar-refractivity contribution in [2.45, 2.75) is 32.9 Å². The van der Waals surface area contributed by atoms with Gasteiger partial charge in [-0.05, 0) is 53.6 Å². The van der Waals surface area contributed by atoms with E-state index in [1.807, 2.05) is 30.7 Å². The molecule has 3 aromatic heterocycles. The Morgan fingerprint density at radius 1 is 1.11 bits per heavy atom. The molecule has 9 nitrogen and oxygen atoms in total. The van der Waals surface area contributed by atoms with Gasteiger partial charge in [0.25, 0.3) is 11.8 Å². The Morgan fingerprint density at radius 3 is 2.50 bits per heavy atom. The van der Waals surface area contributed by atoms with Gasteiger partial charge in [0.05, 0.1) is 30.9 Å². The number of imidazole rings is 1. The van der Waals surface area contributed by atoms with E-state index in [1.54, 1.807) is 47.0 Å². The number of ether oxygens (including phenoxy) is 1. The number of nitrogens with one attached hydrogen (secondary N) is 2. The molecular weight excluding hydrogens is 504 g/mol. The summed E-state index contributed by atoms with van der Waals surface area (Å²) in [6.45, 7) is 4.11. The molecule has 0 saturated carbocycles. The molecule has 0 unspecified atom stereocenters. The van der Waals surface area contributed by atoms with Gasteiger partial charge in [0, 0.05) is 23.7 Å². The first-order chi connectivity index (χ1) is 18.3. The molecule has 1 aromatic carbocycles. The second-order valence-corrected chi connectivity index (χ2v) is 10.1. The highest BCUT2D eigenvalue weighted by Crippen LogP contribution is 2.28. The average molecular weight is 535 g/mol. The summed E-state index contributed by atoms with van der Waals surface area (Å²) in [7, 11) is 1.32. The fourth-order valence-electron chi connectivity index (χ4n) is 4.22. The number of fused-ring (bicyclic) bond motifs is 1. The number of benzene rings is 1. The van der Waals surface area contributed by atoms with Crippen LogP contribution in [0.3, 0.4) is 0 Å². The van der Waals surface area contributed by atoms with Crippen LogP contribution in [0.5, 0.6) is 0 Å². The second kappa shape index (κ2) is 12.0. The Kier molecular flexibility index (Phi) is 8.55. The minimum absolute atomic E-state index is 0.178. The number of esters is 1. The van der Waals surface area contributed by atoms with E-state index in [0.717, 1.165) is 11.1 Å². The van der Waals surface area contributed by atoms with Gasteiger partial charge in [-0.2, -0.15) is 11.3 Å². The number of nitrogens with zero attached hydrogens (tertiary/aromatic N) is 2. The van der Waals surface area contributed by atoms with Crippen LogP contribution in [0.25, 0.3) is 16.9 Å². The Hall–Kier alpha value is -4.02. The minimum atomic E-state index is -0.428. The second-order valence-electron chi connectivity index (χ2n) is 9.29. The van der Waals surface area contributed by atoms with Crippen molar-refractivity contribution < 1.29 is 24.2 Å². The summed E-state index contributed by atoms with van der Waals surface area (Å²) >= 11 is 1.48. The van der Waals surface area contributed by atoms with Crippen molar-refractivity contribution in [1.82, 2.24) is 20.0 Å². The Bertz CT molecular complexity index is 1430. The number of carbonyl (C=O) groups excluding carboxylic acids is 3. The molecule has 198 valence electrons. The topological polar surface area (TPSA) is 122 Å². The summed E-state index contributed by atoms with van der Waals surface area (Å²) < 4.78 is 6.33. The maximum Gasteiger partial charge on any atom is 0.337 e. The number of aliphatic hydroxyl groups excluding tert-OH is 1. The SMILES string of the molecule is COC(=O)c1ccc(CNC(=O)c2cccn3c(C(=O)N[C@@H](CO)CC(C)C)c(-c4ccsc4)nc23)cc1. The van der Waals surface area contributed by atoms with Crippen molar-refractivity contribution in [1.29, 1.82) is 0 Å². The van der Waals surface area contributed by atoms with Crippen LogP contribution in [0.4, 0.5) is 0 Å². The van der Waals surface area contributed by atoms with Crippen molar-refractivity contribution >= 4 is 34.8 Å². The largest absolute Gasteiger partial charge is 0.465 e. The van der Waals surface area contributed by atoms with E-state index in [2.05, 4.69) is 10.6 Å². The van der Waals surface area contributed by atoms with E-state index in [1.165, 1.54) is 18.4 Å². The van der Waals surface area contributed by atoms with Crippen molar-refractivity contribution in [3.63, 3.8) is 0 Å². The number of rotatable bonds is 10.